The summed E-state index contributed by atoms with van der Waals surface area (Å²) in [5, 5.41) is -0.745. The van der Waals surface area contributed by atoms with Crippen LogP contribution in [0, 0.1) is 0 Å². The molecule has 0 bridgehead atoms. The van der Waals surface area contributed by atoms with Gasteiger partial charge in [-0.2, -0.15) is 0 Å². The van der Waals surface area contributed by atoms with E-state index in [4.69, 9.17) is 34.8 Å². The SMILES string of the molecule is COC(=O)[C@H](Cl)CC(Cl)Cl. The number of ether oxygens (including phenoxy) is 1. The highest BCUT2D eigenvalue weighted by molar-refractivity contribution is 6.45. The summed E-state index contributed by atoms with van der Waals surface area (Å²) in [6.07, 6.45) is 0.206. The van der Waals surface area contributed by atoms with Crippen LogP contribution in [0.3, 0.4) is 0 Å². The molecule has 2 nitrogen and oxygen atoms in total. The molecule has 0 aromatic rings. The van der Waals surface area contributed by atoms with Gasteiger partial charge in [-0.15, -0.1) is 34.8 Å². The molecule has 0 aromatic heterocycles. The quantitative estimate of drug-likeness (QED) is 0.520. The number of methoxy groups -OCH3 is 1. The minimum Gasteiger partial charge on any atom is -0.468 e. The maximum absolute atomic E-state index is 10.6. The summed E-state index contributed by atoms with van der Waals surface area (Å²) in [4.78, 5) is 9.95. The van der Waals surface area contributed by atoms with Crippen LogP contribution in [0.4, 0.5) is 0 Å². The Morgan fingerprint density at radius 1 is 1.50 bits per heavy atom. The van der Waals surface area contributed by atoms with E-state index in [0.717, 1.165) is 0 Å². The van der Waals surface area contributed by atoms with Crippen molar-refractivity contribution in [3.05, 3.63) is 0 Å². The lowest BCUT2D eigenvalue weighted by atomic mass is 10.3. The molecular weight excluding hydrogens is 198 g/mol. The van der Waals surface area contributed by atoms with Gasteiger partial charge in [-0.05, 0) is 0 Å². The van der Waals surface area contributed by atoms with Gasteiger partial charge in [0.1, 0.15) is 10.2 Å². The summed E-state index contributed by atoms with van der Waals surface area (Å²) in [6.45, 7) is 0. The zero-order valence-corrected chi connectivity index (χ0v) is 7.58. The second-order valence-electron chi connectivity index (χ2n) is 1.62. The monoisotopic (exact) mass is 204 g/mol. The molecule has 0 radical (unpaired) electrons. The summed E-state index contributed by atoms with van der Waals surface area (Å²) < 4.78 is 4.32. The Bertz CT molecular complexity index is 115. The third kappa shape index (κ3) is 4.20. The lowest BCUT2D eigenvalue weighted by molar-refractivity contribution is -0.140. The molecule has 0 amide bonds. The number of halogens is 3. The summed E-state index contributed by atoms with van der Waals surface area (Å²) in [5.74, 6) is -0.507. The standard InChI is InChI=1S/C5H7Cl3O2/c1-10-5(9)3(6)2-4(7)8/h3-4H,2H2,1H3/t3-/m1/s1. The number of rotatable bonds is 3. The number of hydrogen-bond donors (Lipinski definition) is 0. The van der Waals surface area contributed by atoms with Crippen molar-refractivity contribution in [1.82, 2.24) is 0 Å². The zero-order chi connectivity index (χ0) is 8.15. The first-order valence-electron chi connectivity index (χ1n) is 2.58. The van der Waals surface area contributed by atoms with Crippen molar-refractivity contribution in [1.29, 1.82) is 0 Å². The van der Waals surface area contributed by atoms with Crippen molar-refractivity contribution in [3.8, 4) is 0 Å². The van der Waals surface area contributed by atoms with Crippen molar-refractivity contribution in [2.24, 2.45) is 0 Å². The van der Waals surface area contributed by atoms with E-state index in [2.05, 4.69) is 4.74 Å². The Balaban J connectivity index is 3.61. The van der Waals surface area contributed by atoms with Crippen LogP contribution in [0.5, 0.6) is 0 Å². The maximum atomic E-state index is 10.6. The van der Waals surface area contributed by atoms with Crippen LogP contribution >= 0.6 is 34.8 Å². The van der Waals surface area contributed by atoms with E-state index in [1.54, 1.807) is 0 Å². The molecule has 0 spiro atoms. The zero-order valence-electron chi connectivity index (χ0n) is 5.31. The third-order valence-corrected chi connectivity index (χ3v) is 1.55. The number of carbonyl (C=O) groups is 1. The van der Waals surface area contributed by atoms with Crippen LogP contribution in [-0.2, 0) is 9.53 Å². The van der Waals surface area contributed by atoms with Crippen molar-refractivity contribution in [3.63, 3.8) is 0 Å². The fourth-order valence-electron chi connectivity index (χ4n) is 0.381. The van der Waals surface area contributed by atoms with Gasteiger partial charge in [0.15, 0.2) is 0 Å². The van der Waals surface area contributed by atoms with Gasteiger partial charge in [0.25, 0.3) is 0 Å². The molecule has 0 aliphatic heterocycles. The first kappa shape index (κ1) is 10.3. The first-order chi connectivity index (χ1) is 4.57. The molecule has 0 heterocycles. The van der Waals surface area contributed by atoms with Gasteiger partial charge in [0.2, 0.25) is 0 Å². The second kappa shape index (κ2) is 5.05. The highest BCUT2D eigenvalue weighted by Crippen LogP contribution is 2.14. The lowest BCUT2D eigenvalue weighted by Crippen LogP contribution is -2.18. The largest absolute Gasteiger partial charge is 0.468 e. The van der Waals surface area contributed by atoms with E-state index in [-0.39, 0.29) is 6.42 Å². The molecule has 0 rings (SSSR count). The fourth-order valence-corrected chi connectivity index (χ4v) is 1.19. The van der Waals surface area contributed by atoms with Crippen molar-refractivity contribution >= 4 is 40.8 Å². The van der Waals surface area contributed by atoms with Gasteiger partial charge in [0.05, 0.1) is 7.11 Å². The van der Waals surface area contributed by atoms with E-state index in [9.17, 15) is 4.79 Å². The van der Waals surface area contributed by atoms with Crippen LogP contribution in [0.15, 0.2) is 0 Å². The average Bonchev–Trinajstić information content (AvgIpc) is 1.85. The molecule has 0 fully saturated rings. The first-order valence-corrected chi connectivity index (χ1v) is 3.89. The summed E-state index contributed by atoms with van der Waals surface area (Å²) in [5.41, 5.74) is 0. The van der Waals surface area contributed by atoms with Crippen molar-refractivity contribution < 1.29 is 9.53 Å². The van der Waals surface area contributed by atoms with Gasteiger partial charge in [-0.1, -0.05) is 0 Å². The van der Waals surface area contributed by atoms with Crippen LogP contribution in [0.2, 0.25) is 0 Å². The molecule has 0 aliphatic rings. The molecule has 0 unspecified atom stereocenters. The van der Waals surface area contributed by atoms with Crippen molar-refractivity contribution in [2.75, 3.05) is 7.11 Å². The smallest absolute Gasteiger partial charge is 0.323 e. The highest BCUT2D eigenvalue weighted by atomic mass is 35.5. The molecule has 0 saturated heterocycles. The predicted octanol–water partition coefficient (Wildman–Crippen LogP) is 1.96. The molecule has 0 N–H and O–H groups in total. The molecule has 60 valence electrons. The Kier molecular flexibility index (Phi) is 5.22. The molecule has 0 saturated carbocycles. The van der Waals surface area contributed by atoms with E-state index in [0.29, 0.717) is 0 Å². The van der Waals surface area contributed by atoms with Gasteiger partial charge in [-0.3, -0.25) is 4.79 Å². The Hall–Kier alpha value is 0.340. The summed E-state index contributed by atoms with van der Waals surface area (Å²) in [7, 11) is 1.26. The highest BCUT2D eigenvalue weighted by Gasteiger charge is 2.18. The van der Waals surface area contributed by atoms with Gasteiger partial charge in [0, 0.05) is 6.42 Å². The molecule has 10 heavy (non-hydrogen) atoms. The van der Waals surface area contributed by atoms with E-state index < -0.39 is 16.2 Å². The number of hydrogen-bond acceptors (Lipinski definition) is 2. The van der Waals surface area contributed by atoms with Gasteiger partial charge in [-0.25, -0.2) is 0 Å². The predicted molar refractivity (Wildman–Crippen MR) is 41.8 cm³/mol. The Morgan fingerprint density at radius 2 is 2.00 bits per heavy atom. The number of alkyl halides is 3. The summed E-state index contributed by atoms with van der Waals surface area (Å²) >= 11 is 16.2. The number of esters is 1. The third-order valence-electron chi connectivity index (χ3n) is 0.842. The van der Waals surface area contributed by atoms with E-state index >= 15 is 0 Å². The second-order valence-corrected chi connectivity index (χ2v) is 3.42. The van der Waals surface area contributed by atoms with E-state index in [1.165, 1.54) is 7.11 Å². The normalized spacial score (nSPS) is 13.3. The number of carbonyl (C=O) groups excluding carboxylic acids is 1. The Morgan fingerprint density at radius 3 is 2.30 bits per heavy atom. The summed E-state index contributed by atoms with van der Waals surface area (Å²) in [6, 6.07) is 0. The molecule has 1 atom stereocenters. The van der Waals surface area contributed by atoms with Gasteiger partial charge >= 0.3 is 5.97 Å². The topological polar surface area (TPSA) is 26.3 Å². The van der Waals surface area contributed by atoms with Crippen LogP contribution in [0.1, 0.15) is 6.42 Å². The maximum Gasteiger partial charge on any atom is 0.323 e. The van der Waals surface area contributed by atoms with Crippen LogP contribution in [-0.4, -0.2) is 23.3 Å². The van der Waals surface area contributed by atoms with Gasteiger partial charge < -0.3 is 4.74 Å². The molecule has 5 heteroatoms. The lowest BCUT2D eigenvalue weighted by Gasteiger charge is -2.05. The molecule has 0 aliphatic carbocycles. The molecular formula is C5H7Cl3O2. The van der Waals surface area contributed by atoms with Crippen LogP contribution < -0.4 is 0 Å². The minimum atomic E-state index is -0.745. The molecule has 0 aromatic carbocycles. The average molecular weight is 205 g/mol. The van der Waals surface area contributed by atoms with Crippen LogP contribution in [0.25, 0.3) is 0 Å². The minimum absolute atomic E-state index is 0.206. The Labute approximate surface area is 74.4 Å². The fraction of sp³-hybridized carbons (Fsp3) is 0.800. The van der Waals surface area contributed by atoms with Crippen molar-refractivity contribution in [2.45, 2.75) is 16.6 Å². The van der Waals surface area contributed by atoms with E-state index in [1.807, 2.05) is 0 Å².